The summed E-state index contributed by atoms with van der Waals surface area (Å²) in [5.74, 6) is 0.368. The third-order valence-electron chi connectivity index (χ3n) is 6.00. The van der Waals surface area contributed by atoms with Crippen LogP contribution in [0.2, 0.25) is 0 Å². The smallest absolute Gasteiger partial charge is 0.262 e. The topological polar surface area (TPSA) is 79.9 Å². The van der Waals surface area contributed by atoms with Gasteiger partial charge in [-0.2, -0.15) is 10.4 Å². The second-order valence-electron chi connectivity index (χ2n) is 8.81. The summed E-state index contributed by atoms with van der Waals surface area (Å²) < 4.78 is 7.55. The Morgan fingerprint density at radius 1 is 1.11 bits per heavy atom. The van der Waals surface area contributed by atoms with E-state index in [4.69, 9.17) is 9.84 Å². The van der Waals surface area contributed by atoms with Crippen molar-refractivity contribution < 1.29 is 9.53 Å². The van der Waals surface area contributed by atoms with Crippen molar-refractivity contribution in [1.29, 1.82) is 5.26 Å². The van der Waals surface area contributed by atoms with Crippen LogP contribution in [0.3, 0.4) is 0 Å². The monoisotopic (exact) mass is 490 g/mol. The molecule has 0 aliphatic rings. The molecule has 0 fully saturated rings. The molecule has 1 aromatic heterocycles. The van der Waals surface area contributed by atoms with Crippen molar-refractivity contribution in [2.75, 3.05) is 6.61 Å². The number of para-hydroxylation sites is 1. The summed E-state index contributed by atoms with van der Waals surface area (Å²) in [6, 6.07) is 27.1. The van der Waals surface area contributed by atoms with Gasteiger partial charge in [0.2, 0.25) is 0 Å². The first-order chi connectivity index (χ1) is 18.0. The number of aryl methyl sites for hydroxylation is 1. The number of aromatic nitrogens is 2. The zero-order valence-corrected chi connectivity index (χ0v) is 21.3. The molecule has 1 unspecified atom stereocenters. The molecule has 4 aromatic rings. The van der Waals surface area contributed by atoms with Crippen LogP contribution in [0.15, 0.2) is 90.6 Å². The molecule has 6 nitrogen and oxygen atoms in total. The molecule has 0 bridgehead atoms. The van der Waals surface area contributed by atoms with E-state index in [-0.39, 0.29) is 11.6 Å². The minimum Gasteiger partial charge on any atom is -0.494 e. The maximum absolute atomic E-state index is 13.1. The zero-order chi connectivity index (χ0) is 26.2. The Labute approximate surface area is 217 Å². The first kappa shape index (κ1) is 25.5. The Hall–Kier alpha value is -4.63. The summed E-state index contributed by atoms with van der Waals surface area (Å²) in [5, 5.41) is 17.7. The highest BCUT2D eigenvalue weighted by Crippen LogP contribution is 2.31. The molecule has 1 heterocycles. The van der Waals surface area contributed by atoms with E-state index < -0.39 is 5.91 Å². The van der Waals surface area contributed by atoms with Crippen molar-refractivity contribution in [1.82, 2.24) is 15.1 Å². The van der Waals surface area contributed by atoms with Crippen molar-refractivity contribution in [2.24, 2.45) is 0 Å². The van der Waals surface area contributed by atoms with Gasteiger partial charge in [0, 0.05) is 17.3 Å². The Balaban J connectivity index is 1.72. The normalized spacial score (nSPS) is 12.0. The number of nitrogens with zero attached hydrogens (tertiary/aromatic N) is 3. The molecule has 0 spiro atoms. The maximum atomic E-state index is 13.1. The van der Waals surface area contributed by atoms with Crippen LogP contribution in [0.5, 0.6) is 5.75 Å². The van der Waals surface area contributed by atoms with Crippen LogP contribution in [-0.4, -0.2) is 22.3 Å². The molecule has 0 aliphatic carbocycles. The largest absolute Gasteiger partial charge is 0.494 e. The van der Waals surface area contributed by atoms with Crippen molar-refractivity contribution in [3.05, 3.63) is 107 Å². The summed E-state index contributed by atoms with van der Waals surface area (Å²) in [5.41, 5.74) is 5.10. The summed E-state index contributed by atoms with van der Waals surface area (Å²) in [6.07, 6.45) is 4.38. The van der Waals surface area contributed by atoms with E-state index in [1.54, 1.807) is 10.8 Å². The molecular formula is C31H30N4O2. The molecule has 186 valence electrons. The number of carbonyl (C=O) groups is 1. The molecule has 4 rings (SSSR count). The Bertz CT molecular complexity index is 1430. The molecule has 0 radical (unpaired) electrons. The highest BCUT2D eigenvalue weighted by atomic mass is 16.5. The van der Waals surface area contributed by atoms with Crippen LogP contribution in [0.25, 0.3) is 23.0 Å². The van der Waals surface area contributed by atoms with Crippen molar-refractivity contribution >= 4 is 12.0 Å². The second kappa shape index (κ2) is 11.9. The molecule has 0 aliphatic heterocycles. The van der Waals surface area contributed by atoms with Gasteiger partial charge in [0.25, 0.3) is 5.91 Å². The Morgan fingerprint density at radius 3 is 2.46 bits per heavy atom. The van der Waals surface area contributed by atoms with Gasteiger partial charge in [0.1, 0.15) is 23.1 Å². The lowest BCUT2D eigenvalue weighted by molar-refractivity contribution is -0.117. The van der Waals surface area contributed by atoms with Gasteiger partial charge in [0.05, 0.1) is 18.3 Å². The van der Waals surface area contributed by atoms with E-state index in [9.17, 15) is 10.1 Å². The number of ether oxygens (including phenoxy) is 1. The van der Waals surface area contributed by atoms with Crippen LogP contribution in [-0.2, 0) is 4.79 Å². The number of rotatable bonds is 9. The zero-order valence-electron chi connectivity index (χ0n) is 21.3. The summed E-state index contributed by atoms with van der Waals surface area (Å²) in [4.78, 5) is 13.1. The van der Waals surface area contributed by atoms with Gasteiger partial charge in [-0.15, -0.1) is 0 Å². The lowest BCUT2D eigenvalue weighted by atomic mass is 10.0. The third-order valence-corrected chi connectivity index (χ3v) is 6.00. The van der Waals surface area contributed by atoms with Crippen molar-refractivity contribution in [2.45, 2.75) is 33.2 Å². The van der Waals surface area contributed by atoms with Crippen LogP contribution in [0.1, 0.15) is 43.0 Å². The average molecular weight is 491 g/mol. The average Bonchev–Trinajstić information content (AvgIpc) is 3.35. The highest BCUT2D eigenvalue weighted by molar-refractivity contribution is 6.02. The fourth-order valence-electron chi connectivity index (χ4n) is 4.03. The van der Waals surface area contributed by atoms with Gasteiger partial charge in [0.15, 0.2) is 0 Å². The second-order valence-corrected chi connectivity index (χ2v) is 8.81. The third kappa shape index (κ3) is 6.14. The van der Waals surface area contributed by atoms with Gasteiger partial charge in [-0.25, -0.2) is 4.68 Å². The predicted molar refractivity (Wildman–Crippen MR) is 146 cm³/mol. The lowest BCUT2D eigenvalue weighted by Gasteiger charge is -2.13. The Kier molecular flexibility index (Phi) is 8.17. The minimum atomic E-state index is -0.433. The molecular weight excluding hydrogens is 460 g/mol. The summed E-state index contributed by atoms with van der Waals surface area (Å²) in [7, 11) is 0. The number of hydrogen-bond acceptors (Lipinski definition) is 4. The first-order valence-corrected chi connectivity index (χ1v) is 12.4. The van der Waals surface area contributed by atoms with Crippen molar-refractivity contribution in [3.8, 4) is 28.8 Å². The van der Waals surface area contributed by atoms with Gasteiger partial charge in [-0.3, -0.25) is 4.79 Å². The predicted octanol–water partition coefficient (Wildman–Crippen LogP) is 6.42. The van der Waals surface area contributed by atoms with Crippen LogP contribution in [0.4, 0.5) is 0 Å². The molecule has 1 atom stereocenters. The molecule has 1 N–H and O–H groups in total. The number of hydrogen-bond donors (Lipinski definition) is 1. The van der Waals surface area contributed by atoms with Gasteiger partial charge < -0.3 is 10.1 Å². The number of carbonyl (C=O) groups excluding carboxylic acids is 1. The lowest BCUT2D eigenvalue weighted by Crippen LogP contribution is -2.27. The molecule has 1 amide bonds. The fraction of sp³-hybridized carbons (Fsp3) is 0.194. The molecule has 37 heavy (non-hydrogen) atoms. The van der Waals surface area contributed by atoms with Gasteiger partial charge in [-0.05, 0) is 67.8 Å². The van der Waals surface area contributed by atoms with E-state index in [0.29, 0.717) is 17.9 Å². The van der Waals surface area contributed by atoms with Crippen molar-refractivity contribution in [3.63, 3.8) is 0 Å². The standard InChI is InChI=1S/C31H30N4O2/c1-4-17-37-28-15-16-29(22(2)18-28)30-26(21-35(34-30)27-13-9-6-10-14-27)19-25(20-32)31(36)33-23(3)24-11-7-5-8-12-24/h5-16,18-19,21,23H,4,17H2,1-3H3,(H,33,36)/b25-19+. The SMILES string of the molecule is CCCOc1ccc(-c2nn(-c3ccccc3)cc2/C=C(\C#N)C(=O)NC(C)c2ccccc2)c(C)c1. The number of benzene rings is 3. The minimum absolute atomic E-state index is 0.0113. The molecule has 6 heteroatoms. The van der Waals surface area contributed by atoms with Crippen LogP contribution in [0, 0.1) is 18.3 Å². The van der Waals surface area contributed by atoms with Gasteiger partial charge >= 0.3 is 0 Å². The molecule has 3 aromatic carbocycles. The maximum Gasteiger partial charge on any atom is 0.262 e. The van der Waals surface area contributed by atoms with E-state index in [1.165, 1.54) is 0 Å². The van der Waals surface area contributed by atoms with Crippen LogP contribution >= 0.6 is 0 Å². The summed E-state index contributed by atoms with van der Waals surface area (Å²) in [6.45, 7) is 6.62. The number of nitrogens with one attached hydrogen (secondary N) is 1. The van der Waals surface area contributed by atoms with Gasteiger partial charge in [-0.1, -0.05) is 55.5 Å². The first-order valence-electron chi connectivity index (χ1n) is 12.4. The Morgan fingerprint density at radius 2 is 1.81 bits per heavy atom. The van der Waals surface area contributed by atoms with Crippen LogP contribution < -0.4 is 10.1 Å². The quantitative estimate of drug-likeness (QED) is 0.217. The number of amides is 1. The summed E-state index contributed by atoms with van der Waals surface area (Å²) >= 11 is 0. The van der Waals surface area contributed by atoms with E-state index in [1.807, 2.05) is 98.9 Å². The van der Waals surface area contributed by atoms with E-state index in [2.05, 4.69) is 18.3 Å². The number of nitriles is 1. The van der Waals surface area contributed by atoms with E-state index >= 15 is 0 Å². The molecule has 0 saturated carbocycles. The highest BCUT2D eigenvalue weighted by Gasteiger charge is 2.18. The fourth-order valence-corrected chi connectivity index (χ4v) is 4.03. The van der Waals surface area contributed by atoms with E-state index in [0.717, 1.165) is 34.5 Å². The molecule has 0 saturated heterocycles.